The normalized spacial score (nSPS) is 38.2. The van der Waals surface area contributed by atoms with Crippen LogP contribution in [0.1, 0.15) is 32.6 Å². The molecule has 1 N–H and O–H groups in total. The zero-order chi connectivity index (χ0) is 9.42. The van der Waals surface area contributed by atoms with Gasteiger partial charge < -0.3 is 5.11 Å². The van der Waals surface area contributed by atoms with Crippen LogP contribution in [0.15, 0.2) is 11.6 Å². The van der Waals surface area contributed by atoms with Crippen LogP contribution in [0, 0.1) is 17.8 Å². The van der Waals surface area contributed by atoms with Gasteiger partial charge in [0.2, 0.25) is 0 Å². The molecule has 2 aliphatic rings. The van der Waals surface area contributed by atoms with Crippen molar-refractivity contribution in [2.45, 2.75) is 32.6 Å². The molecule has 0 aromatic rings. The van der Waals surface area contributed by atoms with E-state index in [0.29, 0.717) is 5.92 Å². The molecular formula is C11H16O2. The summed E-state index contributed by atoms with van der Waals surface area (Å²) in [5.74, 6) is 1.47. The Balaban J connectivity index is 2.06. The summed E-state index contributed by atoms with van der Waals surface area (Å²) in [6.07, 6.45) is 6.67. The van der Waals surface area contributed by atoms with E-state index in [0.717, 1.165) is 17.4 Å². The number of carboxylic acid groups (broad SMARTS) is 1. The van der Waals surface area contributed by atoms with Gasteiger partial charge in [-0.25, -0.2) is 4.79 Å². The predicted octanol–water partition coefficient (Wildman–Crippen LogP) is 2.45. The van der Waals surface area contributed by atoms with Gasteiger partial charge in [-0.05, 0) is 43.9 Å². The summed E-state index contributed by atoms with van der Waals surface area (Å²) in [7, 11) is 0. The van der Waals surface area contributed by atoms with Crippen LogP contribution < -0.4 is 0 Å². The van der Waals surface area contributed by atoms with Crippen LogP contribution in [0.25, 0.3) is 0 Å². The minimum absolute atomic E-state index is 0.579. The SMILES string of the molecule is C/C(=C\C(=O)O)C1CC2CCC1C2. The second kappa shape index (κ2) is 3.17. The number of allylic oxidation sites excluding steroid dienone is 1. The summed E-state index contributed by atoms with van der Waals surface area (Å²) in [6.45, 7) is 1.97. The summed E-state index contributed by atoms with van der Waals surface area (Å²) < 4.78 is 0. The molecule has 0 radical (unpaired) electrons. The van der Waals surface area contributed by atoms with Crippen molar-refractivity contribution in [3.05, 3.63) is 11.6 Å². The zero-order valence-corrected chi connectivity index (χ0v) is 7.99. The van der Waals surface area contributed by atoms with Gasteiger partial charge in [-0.1, -0.05) is 12.0 Å². The van der Waals surface area contributed by atoms with E-state index in [9.17, 15) is 4.79 Å². The topological polar surface area (TPSA) is 37.3 Å². The number of carboxylic acids is 1. The van der Waals surface area contributed by atoms with E-state index in [1.807, 2.05) is 6.92 Å². The van der Waals surface area contributed by atoms with Gasteiger partial charge in [0.25, 0.3) is 0 Å². The molecule has 2 nitrogen and oxygen atoms in total. The van der Waals surface area contributed by atoms with E-state index < -0.39 is 5.97 Å². The molecule has 2 bridgehead atoms. The van der Waals surface area contributed by atoms with Crippen LogP contribution in [0.2, 0.25) is 0 Å². The number of rotatable bonds is 2. The Bertz CT molecular complexity index is 255. The van der Waals surface area contributed by atoms with Gasteiger partial charge in [0, 0.05) is 6.08 Å². The van der Waals surface area contributed by atoms with Crippen LogP contribution in [-0.2, 0) is 4.79 Å². The molecule has 3 unspecified atom stereocenters. The predicted molar refractivity (Wildman–Crippen MR) is 50.3 cm³/mol. The highest BCUT2D eigenvalue weighted by atomic mass is 16.4. The Morgan fingerprint density at radius 3 is 2.62 bits per heavy atom. The highest BCUT2D eigenvalue weighted by molar-refractivity contribution is 5.80. The Hall–Kier alpha value is -0.790. The minimum atomic E-state index is -0.791. The van der Waals surface area contributed by atoms with Crippen molar-refractivity contribution in [1.29, 1.82) is 0 Å². The molecule has 0 aliphatic heterocycles. The van der Waals surface area contributed by atoms with Crippen molar-refractivity contribution in [2.75, 3.05) is 0 Å². The molecule has 13 heavy (non-hydrogen) atoms. The standard InChI is InChI=1S/C11H16O2/c1-7(4-11(12)13)10-6-8-2-3-9(10)5-8/h4,8-10H,2-3,5-6H2,1H3,(H,12,13)/b7-4+. The summed E-state index contributed by atoms with van der Waals surface area (Å²) in [4.78, 5) is 10.5. The maximum absolute atomic E-state index is 10.5. The maximum atomic E-state index is 10.5. The van der Waals surface area contributed by atoms with Crippen LogP contribution in [0.4, 0.5) is 0 Å². The molecule has 0 aromatic heterocycles. The first kappa shape index (κ1) is 8.79. The van der Waals surface area contributed by atoms with Gasteiger partial charge >= 0.3 is 5.97 Å². The van der Waals surface area contributed by atoms with Crippen molar-refractivity contribution in [1.82, 2.24) is 0 Å². The Morgan fingerprint density at radius 2 is 2.15 bits per heavy atom. The molecule has 0 heterocycles. The first-order chi connectivity index (χ1) is 6.16. The smallest absolute Gasteiger partial charge is 0.328 e. The van der Waals surface area contributed by atoms with Crippen LogP contribution in [0.5, 0.6) is 0 Å². The third-order valence-electron chi connectivity index (χ3n) is 3.67. The maximum Gasteiger partial charge on any atom is 0.328 e. The fourth-order valence-corrected chi connectivity index (χ4v) is 3.10. The highest BCUT2D eigenvalue weighted by Gasteiger charge is 2.39. The molecule has 2 fully saturated rings. The van der Waals surface area contributed by atoms with Crippen LogP contribution in [0.3, 0.4) is 0 Å². The number of carbonyl (C=O) groups is 1. The number of hydrogen-bond acceptors (Lipinski definition) is 1. The van der Waals surface area contributed by atoms with E-state index in [2.05, 4.69) is 0 Å². The van der Waals surface area contributed by atoms with Gasteiger partial charge in [0.05, 0.1) is 0 Å². The van der Waals surface area contributed by atoms with Gasteiger partial charge in [-0.2, -0.15) is 0 Å². The molecule has 3 atom stereocenters. The molecule has 0 saturated heterocycles. The van der Waals surface area contributed by atoms with Crippen molar-refractivity contribution in [3.8, 4) is 0 Å². The zero-order valence-electron chi connectivity index (χ0n) is 7.99. The van der Waals surface area contributed by atoms with Crippen molar-refractivity contribution >= 4 is 5.97 Å². The van der Waals surface area contributed by atoms with E-state index in [4.69, 9.17) is 5.11 Å². The van der Waals surface area contributed by atoms with E-state index in [1.54, 1.807) is 0 Å². The number of fused-ring (bicyclic) bond motifs is 2. The molecule has 0 amide bonds. The summed E-state index contributed by atoms with van der Waals surface area (Å²) in [5.41, 5.74) is 1.08. The molecule has 2 heteroatoms. The summed E-state index contributed by atoms with van der Waals surface area (Å²) in [6, 6.07) is 0. The number of hydrogen-bond donors (Lipinski definition) is 1. The summed E-state index contributed by atoms with van der Waals surface area (Å²) >= 11 is 0. The largest absolute Gasteiger partial charge is 0.478 e. The molecule has 0 spiro atoms. The monoisotopic (exact) mass is 180 g/mol. The fourth-order valence-electron chi connectivity index (χ4n) is 3.10. The fraction of sp³-hybridized carbons (Fsp3) is 0.727. The van der Waals surface area contributed by atoms with Crippen molar-refractivity contribution in [3.63, 3.8) is 0 Å². The lowest BCUT2D eigenvalue weighted by atomic mass is 9.84. The average Bonchev–Trinajstić information content (AvgIpc) is 2.62. The second-order valence-electron chi connectivity index (χ2n) is 4.51. The van der Waals surface area contributed by atoms with Crippen LogP contribution in [-0.4, -0.2) is 11.1 Å². The van der Waals surface area contributed by atoms with Crippen molar-refractivity contribution < 1.29 is 9.90 Å². The van der Waals surface area contributed by atoms with Gasteiger partial charge in [0.15, 0.2) is 0 Å². The van der Waals surface area contributed by atoms with Crippen LogP contribution >= 0.6 is 0 Å². The Labute approximate surface area is 78.6 Å². The molecule has 0 aromatic carbocycles. The minimum Gasteiger partial charge on any atom is -0.478 e. The van der Waals surface area contributed by atoms with E-state index >= 15 is 0 Å². The Kier molecular flexibility index (Phi) is 2.14. The third-order valence-corrected chi connectivity index (χ3v) is 3.67. The van der Waals surface area contributed by atoms with E-state index in [1.165, 1.54) is 31.8 Å². The Morgan fingerprint density at radius 1 is 1.38 bits per heavy atom. The lowest BCUT2D eigenvalue weighted by Gasteiger charge is -2.21. The molecular weight excluding hydrogens is 164 g/mol. The second-order valence-corrected chi connectivity index (χ2v) is 4.51. The lowest BCUT2D eigenvalue weighted by Crippen LogP contribution is -2.12. The molecule has 2 aliphatic carbocycles. The van der Waals surface area contributed by atoms with Crippen molar-refractivity contribution in [2.24, 2.45) is 17.8 Å². The van der Waals surface area contributed by atoms with Gasteiger partial charge in [-0.3, -0.25) is 0 Å². The number of aliphatic carboxylic acids is 1. The summed E-state index contributed by atoms with van der Waals surface area (Å²) in [5, 5.41) is 8.64. The molecule has 2 rings (SSSR count). The quantitative estimate of drug-likeness (QED) is 0.663. The van der Waals surface area contributed by atoms with E-state index in [-0.39, 0.29) is 0 Å². The van der Waals surface area contributed by atoms with Gasteiger partial charge in [-0.15, -0.1) is 0 Å². The third kappa shape index (κ3) is 1.62. The average molecular weight is 180 g/mol. The lowest BCUT2D eigenvalue weighted by molar-refractivity contribution is -0.131. The van der Waals surface area contributed by atoms with Gasteiger partial charge in [0.1, 0.15) is 0 Å². The highest BCUT2D eigenvalue weighted by Crippen LogP contribution is 2.50. The molecule has 72 valence electrons. The first-order valence-electron chi connectivity index (χ1n) is 5.08. The first-order valence-corrected chi connectivity index (χ1v) is 5.08. The molecule has 2 saturated carbocycles.